The van der Waals surface area contributed by atoms with E-state index in [1.807, 2.05) is 0 Å². The molecule has 3 heterocycles. The largest absolute Gasteiger partial charge is 0.381 e. The lowest BCUT2D eigenvalue weighted by Crippen LogP contribution is -2.49. The molecule has 1 aromatic heterocycles. The predicted molar refractivity (Wildman–Crippen MR) is 72.6 cm³/mol. The van der Waals surface area contributed by atoms with Gasteiger partial charge in [-0.15, -0.1) is 0 Å². The van der Waals surface area contributed by atoms with Gasteiger partial charge in [0.2, 0.25) is 11.7 Å². The maximum atomic E-state index is 12.5. The summed E-state index contributed by atoms with van der Waals surface area (Å²) >= 11 is 0. The van der Waals surface area contributed by atoms with Crippen molar-refractivity contribution in [1.29, 1.82) is 0 Å². The first-order valence-corrected chi connectivity index (χ1v) is 7.09. The summed E-state index contributed by atoms with van der Waals surface area (Å²) in [4.78, 5) is 26.5. The highest BCUT2D eigenvalue weighted by Crippen LogP contribution is 2.42. The van der Waals surface area contributed by atoms with Crippen molar-refractivity contribution < 1.29 is 18.8 Å². The zero-order valence-corrected chi connectivity index (χ0v) is 12.2. The topological polar surface area (TPSA) is 84.7 Å². The second-order valence-electron chi connectivity index (χ2n) is 5.78. The molecule has 2 aliphatic heterocycles. The molecule has 0 bridgehead atoms. The van der Waals surface area contributed by atoms with Crippen LogP contribution in [0.3, 0.4) is 0 Å². The van der Waals surface area contributed by atoms with Gasteiger partial charge in [-0.1, -0.05) is 5.16 Å². The summed E-state index contributed by atoms with van der Waals surface area (Å²) < 4.78 is 10.5. The van der Waals surface area contributed by atoms with Crippen LogP contribution in [0.1, 0.15) is 22.7 Å². The molecule has 2 saturated heterocycles. The molecule has 0 unspecified atom stereocenters. The van der Waals surface area contributed by atoms with Gasteiger partial charge in [0.25, 0.3) is 5.91 Å². The fourth-order valence-electron chi connectivity index (χ4n) is 3.34. The van der Waals surface area contributed by atoms with Crippen molar-refractivity contribution in [3.63, 3.8) is 0 Å². The number of carbonyl (C=O) groups excluding carboxylic acids is 2. The minimum absolute atomic E-state index is 0.0140. The fourth-order valence-corrected chi connectivity index (χ4v) is 3.34. The Balaban J connectivity index is 1.84. The van der Waals surface area contributed by atoms with Crippen LogP contribution in [-0.4, -0.2) is 55.2 Å². The van der Waals surface area contributed by atoms with Crippen LogP contribution in [0, 0.1) is 18.3 Å². The maximum Gasteiger partial charge on any atom is 0.292 e. The highest BCUT2D eigenvalue weighted by Gasteiger charge is 2.54. The number of hydrogen-bond acceptors (Lipinski definition) is 5. The lowest BCUT2D eigenvalue weighted by molar-refractivity contribution is -0.138. The van der Waals surface area contributed by atoms with E-state index in [1.165, 1.54) is 0 Å². The number of aryl methyl sites for hydroxylation is 1. The lowest BCUT2D eigenvalue weighted by atomic mass is 9.73. The first kappa shape index (κ1) is 14.1. The number of likely N-dealkylation sites (tertiary alicyclic amines) is 1. The van der Waals surface area contributed by atoms with E-state index in [2.05, 4.69) is 10.5 Å². The maximum absolute atomic E-state index is 12.5. The minimum Gasteiger partial charge on any atom is -0.381 e. The first-order valence-electron chi connectivity index (χ1n) is 7.09. The zero-order chi connectivity index (χ0) is 15.0. The molecule has 0 spiro atoms. The fraction of sp³-hybridized carbons (Fsp3) is 0.643. The van der Waals surface area contributed by atoms with Gasteiger partial charge in [-0.05, 0) is 13.3 Å². The van der Waals surface area contributed by atoms with E-state index in [0.717, 1.165) is 0 Å². The highest BCUT2D eigenvalue weighted by molar-refractivity contribution is 5.93. The molecule has 1 N–H and O–H groups in total. The molecule has 21 heavy (non-hydrogen) atoms. The average molecular weight is 293 g/mol. The zero-order valence-electron chi connectivity index (χ0n) is 12.2. The van der Waals surface area contributed by atoms with Gasteiger partial charge in [-0.25, -0.2) is 0 Å². The number of hydrogen-bond donors (Lipinski definition) is 1. The van der Waals surface area contributed by atoms with E-state index in [1.54, 1.807) is 24.9 Å². The van der Waals surface area contributed by atoms with Gasteiger partial charge in [-0.2, -0.15) is 0 Å². The van der Waals surface area contributed by atoms with Crippen molar-refractivity contribution >= 4 is 11.8 Å². The minimum atomic E-state index is -0.544. The Labute approximate surface area is 122 Å². The van der Waals surface area contributed by atoms with Crippen LogP contribution >= 0.6 is 0 Å². The number of rotatable bonds is 2. The molecule has 1 aromatic rings. The monoisotopic (exact) mass is 293 g/mol. The molecule has 0 saturated carbocycles. The van der Waals surface area contributed by atoms with Crippen molar-refractivity contribution in [3.8, 4) is 0 Å². The molecule has 114 valence electrons. The number of nitrogens with zero attached hydrogens (tertiary/aromatic N) is 2. The van der Waals surface area contributed by atoms with Gasteiger partial charge in [-0.3, -0.25) is 9.59 Å². The second kappa shape index (κ2) is 5.14. The molecule has 3 rings (SSSR count). The van der Waals surface area contributed by atoms with Crippen LogP contribution in [0.15, 0.2) is 10.6 Å². The summed E-state index contributed by atoms with van der Waals surface area (Å²) in [7, 11) is 1.63. The van der Waals surface area contributed by atoms with Crippen molar-refractivity contribution in [2.45, 2.75) is 13.3 Å². The summed E-state index contributed by atoms with van der Waals surface area (Å²) in [5.41, 5.74) is 0.122. The number of fused-ring (bicyclic) bond motifs is 1. The van der Waals surface area contributed by atoms with E-state index >= 15 is 0 Å². The molecule has 7 nitrogen and oxygen atoms in total. The van der Waals surface area contributed by atoms with Crippen LogP contribution in [0.2, 0.25) is 0 Å². The van der Waals surface area contributed by atoms with Gasteiger partial charge in [0.15, 0.2) is 0 Å². The third-order valence-electron chi connectivity index (χ3n) is 4.51. The first-order chi connectivity index (χ1) is 10.1. The van der Waals surface area contributed by atoms with Gasteiger partial charge in [0.1, 0.15) is 0 Å². The van der Waals surface area contributed by atoms with Crippen LogP contribution in [0.4, 0.5) is 0 Å². The summed E-state index contributed by atoms with van der Waals surface area (Å²) in [6.45, 7) is 3.73. The Morgan fingerprint density at radius 1 is 1.52 bits per heavy atom. The average Bonchev–Trinajstić information content (AvgIpc) is 3.09. The lowest BCUT2D eigenvalue weighted by Gasteiger charge is -2.36. The van der Waals surface area contributed by atoms with E-state index < -0.39 is 5.41 Å². The quantitative estimate of drug-likeness (QED) is 0.842. The molecule has 0 radical (unpaired) electrons. The van der Waals surface area contributed by atoms with Gasteiger partial charge < -0.3 is 19.5 Å². The predicted octanol–water partition coefficient (Wildman–Crippen LogP) is 0.208. The molecule has 0 aliphatic carbocycles. The third-order valence-corrected chi connectivity index (χ3v) is 4.51. The molecule has 7 heteroatoms. The van der Waals surface area contributed by atoms with Crippen molar-refractivity contribution in [2.24, 2.45) is 11.3 Å². The molecule has 0 aromatic carbocycles. The van der Waals surface area contributed by atoms with Crippen molar-refractivity contribution in [2.75, 3.05) is 33.4 Å². The smallest absolute Gasteiger partial charge is 0.292 e. The number of ether oxygens (including phenoxy) is 1. The molecule has 2 amide bonds. The number of nitrogens with one attached hydrogen (secondary N) is 1. The third kappa shape index (κ3) is 2.21. The molecule has 2 atom stereocenters. The van der Waals surface area contributed by atoms with Crippen LogP contribution in [0.25, 0.3) is 0 Å². The summed E-state index contributed by atoms with van der Waals surface area (Å²) in [6.07, 6.45) is 0.635. The SMILES string of the molecule is CNC(=O)[C@]12CCOC[C@H]1CN(C(=O)c1cc(C)no1)C2. The van der Waals surface area contributed by atoms with E-state index in [0.29, 0.717) is 38.4 Å². The Hall–Kier alpha value is -1.89. The number of aromatic nitrogens is 1. The number of carbonyl (C=O) groups is 2. The second-order valence-corrected chi connectivity index (χ2v) is 5.78. The molecule has 2 fully saturated rings. The molecular weight excluding hydrogens is 274 g/mol. The Morgan fingerprint density at radius 2 is 2.33 bits per heavy atom. The standard InChI is InChI=1S/C14H19N3O4/c1-9-5-11(21-16-9)12(18)17-6-10-7-20-4-3-14(10,8-17)13(19)15-2/h5,10H,3-4,6-8H2,1-2H3,(H,15,19)/t10-,14+/m1/s1. The summed E-state index contributed by atoms with van der Waals surface area (Å²) in [6, 6.07) is 1.62. The highest BCUT2D eigenvalue weighted by atomic mass is 16.5. The Kier molecular flexibility index (Phi) is 3.44. The Morgan fingerprint density at radius 3 is 3.00 bits per heavy atom. The Bertz CT molecular complexity index is 570. The van der Waals surface area contributed by atoms with Crippen LogP contribution in [-0.2, 0) is 9.53 Å². The van der Waals surface area contributed by atoms with E-state index in [9.17, 15) is 9.59 Å². The van der Waals surface area contributed by atoms with E-state index in [4.69, 9.17) is 9.26 Å². The number of amides is 2. The van der Waals surface area contributed by atoms with Gasteiger partial charge >= 0.3 is 0 Å². The van der Waals surface area contributed by atoms with E-state index in [-0.39, 0.29) is 23.5 Å². The normalized spacial score (nSPS) is 28.3. The summed E-state index contributed by atoms with van der Waals surface area (Å²) in [5.74, 6) is 0.0198. The van der Waals surface area contributed by atoms with Crippen LogP contribution < -0.4 is 5.32 Å². The summed E-state index contributed by atoms with van der Waals surface area (Å²) in [5, 5.41) is 6.47. The molecule has 2 aliphatic rings. The van der Waals surface area contributed by atoms with Crippen molar-refractivity contribution in [1.82, 2.24) is 15.4 Å². The molecular formula is C14H19N3O4. The van der Waals surface area contributed by atoms with Gasteiger partial charge in [0, 0.05) is 38.7 Å². The van der Waals surface area contributed by atoms with Crippen molar-refractivity contribution in [3.05, 3.63) is 17.5 Å². The van der Waals surface area contributed by atoms with Crippen LogP contribution in [0.5, 0.6) is 0 Å². The van der Waals surface area contributed by atoms with Gasteiger partial charge in [0.05, 0.1) is 17.7 Å².